The predicted octanol–water partition coefficient (Wildman–Crippen LogP) is 3.07. The van der Waals surface area contributed by atoms with Crippen LogP contribution in [0.25, 0.3) is 0 Å². The first-order valence-electron chi connectivity index (χ1n) is 5.61. The predicted molar refractivity (Wildman–Crippen MR) is 68.5 cm³/mol. The third-order valence-corrected chi connectivity index (χ3v) is 3.67. The van der Waals surface area contributed by atoms with Gasteiger partial charge in [-0.2, -0.15) is 0 Å². The summed E-state index contributed by atoms with van der Waals surface area (Å²) in [7, 11) is 1.61. The standard InChI is InChI=1S/C13H15BrO3/c1-8-5-9(7-17-8)13(15)11-4-3-10(16-2)6-12(11)14/h3-4,6,8-9H,5,7H2,1-2H3. The third-order valence-electron chi connectivity index (χ3n) is 3.01. The maximum Gasteiger partial charge on any atom is 0.169 e. The van der Waals surface area contributed by atoms with E-state index in [9.17, 15) is 4.79 Å². The minimum atomic E-state index is -0.0188. The van der Waals surface area contributed by atoms with Crippen molar-refractivity contribution in [3.8, 4) is 5.75 Å². The van der Waals surface area contributed by atoms with Gasteiger partial charge >= 0.3 is 0 Å². The Morgan fingerprint density at radius 3 is 2.82 bits per heavy atom. The summed E-state index contributed by atoms with van der Waals surface area (Å²) in [5, 5.41) is 0. The van der Waals surface area contributed by atoms with E-state index in [1.807, 2.05) is 13.0 Å². The summed E-state index contributed by atoms with van der Waals surface area (Å²) in [6, 6.07) is 5.41. The molecule has 1 aliphatic heterocycles. The van der Waals surface area contributed by atoms with Gasteiger partial charge in [0.15, 0.2) is 5.78 Å². The molecule has 0 N–H and O–H groups in total. The summed E-state index contributed by atoms with van der Waals surface area (Å²) in [5.41, 5.74) is 0.702. The van der Waals surface area contributed by atoms with Crippen LogP contribution in [-0.2, 0) is 4.74 Å². The first-order valence-corrected chi connectivity index (χ1v) is 6.40. The van der Waals surface area contributed by atoms with Crippen LogP contribution in [0.4, 0.5) is 0 Å². The molecule has 0 saturated carbocycles. The number of ketones is 1. The molecule has 2 unspecified atom stereocenters. The highest BCUT2D eigenvalue weighted by Gasteiger charge is 2.29. The lowest BCUT2D eigenvalue weighted by molar-refractivity contribution is 0.0877. The van der Waals surface area contributed by atoms with Gasteiger partial charge < -0.3 is 9.47 Å². The highest BCUT2D eigenvalue weighted by Crippen LogP contribution is 2.29. The molecule has 0 aliphatic carbocycles. The van der Waals surface area contributed by atoms with E-state index in [0.717, 1.165) is 16.6 Å². The first-order chi connectivity index (χ1) is 8.11. The van der Waals surface area contributed by atoms with E-state index in [-0.39, 0.29) is 17.8 Å². The number of carbonyl (C=O) groups excluding carboxylic acids is 1. The molecule has 1 aromatic carbocycles. The Kier molecular flexibility index (Phi) is 3.84. The molecule has 1 heterocycles. The van der Waals surface area contributed by atoms with Crippen molar-refractivity contribution in [1.29, 1.82) is 0 Å². The van der Waals surface area contributed by atoms with Crippen molar-refractivity contribution >= 4 is 21.7 Å². The summed E-state index contributed by atoms with van der Waals surface area (Å²) in [6.07, 6.45) is 0.984. The number of benzene rings is 1. The van der Waals surface area contributed by atoms with Crippen molar-refractivity contribution in [3.63, 3.8) is 0 Å². The molecular weight excluding hydrogens is 284 g/mol. The van der Waals surface area contributed by atoms with Crippen LogP contribution in [0, 0.1) is 5.92 Å². The van der Waals surface area contributed by atoms with E-state index in [1.54, 1.807) is 19.2 Å². The fraction of sp³-hybridized carbons (Fsp3) is 0.462. The molecule has 1 aromatic rings. The number of halogens is 1. The maximum atomic E-state index is 12.3. The second-order valence-corrected chi connectivity index (χ2v) is 5.14. The summed E-state index contributed by atoms with van der Waals surface area (Å²) >= 11 is 3.41. The molecule has 1 fully saturated rings. The molecule has 4 heteroatoms. The summed E-state index contributed by atoms with van der Waals surface area (Å²) in [4.78, 5) is 12.3. The van der Waals surface area contributed by atoms with Crippen molar-refractivity contribution in [2.45, 2.75) is 19.4 Å². The molecule has 0 aromatic heterocycles. The first kappa shape index (κ1) is 12.6. The van der Waals surface area contributed by atoms with Crippen LogP contribution in [0.1, 0.15) is 23.7 Å². The molecule has 2 rings (SSSR count). The second kappa shape index (κ2) is 5.19. The fourth-order valence-electron chi connectivity index (χ4n) is 2.04. The molecule has 0 bridgehead atoms. The molecule has 0 spiro atoms. The zero-order valence-electron chi connectivity index (χ0n) is 9.90. The smallest absolute Gasteiger partial charge is 0.169 e. The van der Waals surface area contributed by atoms with Crippen LogP contribution in [0.2, 0.25) is 0 Å². The SMILES string of the molecule is COc1ccc(C(=O)C2COC(C)C2)c(Br)c1. The molecule has 1 aliphatic rings. The van der Waals surface area contributed by atoms with Crippen LogP contribution in [-0.4, -0.2) is 25.6 Å². The molecule has 2 atom stereocenters. The largest absolute Gasteiger partial charge is 0.497 e. The van der Waals surface area contributed by atoms with Gasteiger partial charge in [0.05, 0.1) is 19.8 Å². The Bertz CT molecular complexity index is 431. The fourth-order valence-corrected chi connectivity index (χ4v) is 2.60. The van der Waals surface area contributed by atoms with Gasteiger partial charge in [0.1, 0.15) is 5.75 Å². The van der Waals surface area contributed by atoms with Crippen LogP contribution in [0.15, 0.2) is 22.7 Å². The third kappa shape index (κ3) is 2.69. The highest BCUT2D eigenvalue weighted by atomic mass is 79.9. The summed E-state index contributed by atoms with van der Waals surface area (Å²) < 4.78 is 11.3. The van der Waals surface area contributed by atoms with Crippen LogP contribution < -0.4 is 4.74 Å². The number of Topliss-reactive ketones (excluding diaryl/α,β-unsaturated/α-hetero) is 1. The lowest BCUT2D eigenvalue weighted by atomic mass is 9.95. The molecule has 0 radical (unpaired) electrons. The Hall–Kier alpha value is -0.870. The van der Waals surface area contributed by atoms with Gasteiger partial charge in [0.25, 0.3) is 0 Å². The number of hydrogen-bond acceptors (Lipinski definition) is 3. The molecule has 1 saturated heterocycles. The average Bonchev–Trinajstić information content (AvgIpc) is 2.75. The van der Waals surface area contributed by atoms with Crippen molar-refractivity contribution in [2.75, 3.05) is 13.7 Å². The number of carbonyl (C=O) groups is 1. The second-order valence-electron chi connectivity index (χ2n) is 4.29. The Labute approximate surface area is 109 Å². The average molecular weight is 299 g/mol. The number of methoxy groups -OCH3 is 1. The van der Waals surface area contributed by atoms with Gasteiger partial charge in [-0.05, 0) is 47.5 Å². The van der Waals surface area contributed by atoms with Gasteiger partial charge in [-0.25, -0.2) is 0 Å². The molecule has 3 nitrogen and oxygen atoms in total. The van der Waals surface area contributed by atoms with Crippen molar-refractivity contribution in [1.82, 2.24) is 0 Å². The van der Waals surface area contributed by atoms with Crippen LogP contribution in [0.3, 0.4) is 0 Å². The van der Waals surface area contributed by atoms with E-state index in [4.69, 9.17) is 9.47 Å². The topological polar surface area (TPSA) is 35.5 Å². The van der Waals surface area contributed by atoms with Crippen molar-refractivity contribution in [2.24, 2.45) is 5.92 Å². The van der Waals surface area contributed by atoms with Gasteiger partial charge in [-0.15, -0.1) is 0 Å². The van der Waals surface area contributed by atoms with Crippen LogP contribution in [0.5, 0.6) is 5.75 Å². The maximum absolute atomic E-state index is 12.3. The van der Waals surface area contributed by atoms with Gasteiger partial charge in [0.2, 0.25) is 0 Å². The highest BCUT2D eigenvalue weighted by molar-refractivity contribution is 9.10. The van der Waals surface area contributed by atoms with E-state index in [1.165, 1.54) is 0 Å². The van der Waals surface area contributed by atoms with Gasteiger partial charge in [-0.1, -0.05) is 0 Å². The quantitative estimate of drug-likeness (QED) is 0.805. The van der Waals surface area contributed by atoms with E-state index in [0.29, 0.717) is 12.2 Å². The summed E-state index contributed by atoms with van der Waals surface area (Å²) in [6.45, 7) is 2.52. The minimum Gasteiger partial charge on any atom is -0.497 e. The lowest BCUT2D eigenvalue weighted by Gasteiger charge is -2.09. The molecule has 17 heavy (non-hydrogen) atoms. The van der Waals surface area contributed by atoms with Crippen molar-refractivity contribution < 1.29 is 14.3 Å². The number of hydrogen-bond donors (Lipinski definition) is 0. The normalized spacial score (nSPS) is 23.7. The van der Waals surface area contributed by atoms with Crippen molar-refractivity contribution in [3.05, 3.63) is 28.2 Å². The number of rotatable bonds is 3. The molecule has 92 valence electrons. The molecule has 0 amide bonds. The minimum absolute atomic E-state index is 0.0188. The number of ether oxygens (including phenoxy) is 2. The Morgan fingerprint density at radius 1 is 1.53 bits per heavy atom. The monoisotopic (exact) mass is 298 g/mol. The zero-order valence-corrected chi connectivity index (χ0v) is 11.5. The van der Waals surface area contributed by atoms with Gasteiger partial charge in [0, 0.05) is 16.0 Å². The van der Waals surface area contributed by atoms with E-state index >= 15 is 0 Å². The Balaban J connectivity index is 2.19. The van der Waals surface area contributed by atoms with Crippen LogP contribution >= 0.6 is 15.9 Å². The lowest BCUT2D eigenvalue weighted by Crippen LogP contribution is -2.15. The van der Waals surface area contributed by atoms with E-state index in [2.05, 4.69) is 15.9 Å². The molecular formula is C13H15BrO3. The summed E-state index contributed by atoms with van der Waals surface area (Å²) in [5.74, 6) is 0.864. The Morgan fingerprint density at radius 2 is 2.29 bits per heavy atom. The van der Waals surface area contributed by atoms with E-state index < -0.39 is 0 Å². The van der Waals surface area contributed by atoms with Gasteiger partial charge in [-0.3, -0.25) is 4.79 Å². The zero-order chi connectivity index (χ0) is 12.4.